The Morgan fingerprint density at radius 1 is 1.33 bits per heavy atom. The molecule has 15 heavy (non-hydrogen) atoms. The Labute approximate surface area is 95.4 Å². The third-order valence-electron chi connectivity index (χ3n) is 1.99. The second-order valence-corrected chi connectivity index (χ2v) is 3.85. The highest BCUT2D eigenvalue weighted by molar-refractivity contribution is 9.10. The van der Waals surface area contributed by atoms with Gasteiger partial charge >= 0.3 is 0 Å². The predicted octanol–water partition coefficient (Wildman–Crippen LogP) is 1.06. The van der Waals surface area contributed by atoms with Crippen molar-refractivity contribution in [1.82, 2.24) is 20.2 Å². The third kappa shape index (κ3) is 2.05. The fraction of sp³-hybridized carbons (Fsp3) is 0.222. The van der Waals surface area contributed by atoms with E-state index in [9.17, 15) is 0 Å². The number of halogens is 1. The molecule has 0 aliphatic carbocycles. The maximum atomic E-state index is 5.48. The maximum absolute atomic E-state index is 5.48. The molecule has 0 amide bonds. The maximum Gasteiger partial charge on any atom is 0.183 e. The van der Waals surface area contributed by atoms with E-state index in [-0.39, 0.29) is 0 Å². The van der Waals surface area contributed by atoms with Crippen LogP contribution >= 0.6 is 15.9 Å². The molecule has 2 aromatic rings. The van der Waals surface area contributed by atoms with Gasteiger partial charge in [0.25, 0.3) is 0 Å². The quantitative estimate of drug-likeness (QED) is 0.903. The summed E-state index contributed by atoms with van der Waals surface area (Å²) >= 11 is 3.46. The van der Waals surface area contributed by atoms with Crippen LogP contribution in [-0.2, 0) is 6.54 Å². The third-order valence-corrected chi connectivity index (χ3v) is 2.68. The van der Waals surface area contributed by atoms with Gasteiger partial charge < -0.3 is 5.73 Å². The summed E-state index contributed by atoms with van der Waals surface area (Å²) in [6.45, 7) is 1.13. The van der Waals surface area contributed by atoms with Crippen LogP contribution in [0.5, 0.6) is 0 Å². The van der Waals surface area contributed by atoms with Gasteiger partial charge in [0.05, 0.1) is 6.54 Å². The number of rotatable bonds is 3. The number of tetrazole rings is 1. The molecule has 1 aromatic carbocycles. The zero-order valence-electron chi connectivity index (χ0n) is 7.97. The smallest absolute Gasteiger partial charge is 0.183 e. The standard InChI is InChI=1S/C9H10BrN5/c10-8-4-2-1-3-7(8)9-12-13-14-15(9)6-5-11/h1-4H,5-6,11H2. The van der Waals surface area contributed by atoms with Crippen molar-refractivity contribution in [3.63, 3.8) is 0 Å². The lowest BCUT2D eigenvalue weighted by atomic mass is 10.2. The Kier molecular flexibility index (Phi) is 3.08. The Morgan fingerprint density at radius 3 is 2.87 bits per heavy atom. The van der Waals surface area contributed by atoms with Crippen molar-refractivity contribution in [3.05, 3.63) is 28.7 Å². The SMILES string of the molecule is NCCn1nnnc1-c1ccccc1Br. The average molecular weight is 268 g/mol. The zero-order valence-corrected chi connectivity index (χ0v) is 9.55. The Hall–Kier alpha value is -1.27. The van der Waals surface area contributed by atoms with Crippen molar-refractivity contribution in [2.24, 2.45) is 5.73 Å². The summed E-state index contributed by atoms with van der Waals surface area (Å²) < 4.78 is 2.66. The highest BCUT2D eigenvalue weighted by Crippen LogP contribution is 2.25. The van der Waals surface area contributed by atoms with Gasteiger partial charge in [-0.2, -0.15) is 0 Å². The van der Waals surface area contributed by atoms with Gasteiger partial charge in [-0.05, 0) is 22.6 Å². The Balaban J connectivity index is 2.45. The molecule has 1 aromatic heterocycles. The van der Waals surface area contributed by atoms with Crippen LogP contribution in [0.25, 0.3) is 11.4 Å². The highest BCUT2D eigenvalue weighted by atomic mass is 79.9. The molecular weight excluding hydrogens is 258 g/mol. The number of hydrogen-bond donors (Lipinski definition) is 1. The minimum atomic E-state index is 0.516. The molecule has 0 radical (unpaired) electrons. The van der Waals surface area contributed by atoms with E-state index in [0.717, 1.165) is 15.9 Å². The number of nitrogens with zero attached hydrogens (tertiary/aromatic N) is 4. The van der Waals surface area contributed by atoms with Crippen molar-refractivity contribution in [1.29, 1.82) is 0 Å². The summed E-state index contributed by atoms with van der Waals surface area (Å²) in [7, 11) is 0. The monoisotopic (exact) mass is 267 g/mol. The lowest BCUT2D eigenvalue weighted by molar-refractivity contribution is 0.602. The summed E-state index contributed by atoms with van der Waals surface area (Å²) in [6, 6.07) is 7.81. The molecule has 1 heterocycles. The molecule has 2 N–H and O–H groups in total. The van der Waals surface area contributed by atoms with E-state index in [1.165, 1.54) is 0 Å². The molecule has 0 atom stereocenters. The first-order chi connectivity index (χ1) is 7.33. The minimum absolute atomic E-state index is 0.516. The molecule has 0 bridgehead atoms. The van der Waals surface area contributed by atoms with E-state index in [0.29, 0.717) is 13.1 Å². The van der Waals surface area contributed by atoms with Gasteiger partial charge in [0.15, 0.2) is 5.82 Å². The lowest BCUT2D eigenvalue weighted by Gasteiger charge is -2.04. The lowest BCUT2D eigenvalue weighted by Crippen LogP contribution is -2.12. The van der Waals surface area contributed by atoms with E-state index in [1.807, 2.05) is 24.3 Å². The van der Waals surface area contributed by atoms with Crippen LogP contribution in [0.1, 0.15) is 0 Å². The molecule has 0 aliphatic rings. The summed E-state index contributed by atoms with van der Waals surface area (Å²) in [5.41, 5.74) is 6.45. The van der Waals surface area contributed by atoms with Crippen molar-refractivity contribution in [2.45, 2.75) is 6.54 Å². The van der Waals surface area contributed by atoms with Crippen molar-refractivity contribution < 1.29 is 0 Å². The number of benzene rings is 1. The van der Waals surface area contributed by atoms with Gasteiger partial charge in [-0.15, -0.1) is 5.10 Å². The van der Waals surface area contributed by atoms with Crippen molar-refractivity contribution >= 4 is 15.9 Å². The topological polar surface area (TPSA) is 69.6 Å². The van der Waals surface area contributed by atoms with Gasteiger partial charge in [0.1, 0.15) is 0 Å². The largest absolute Gasteiger partial charge is 0.329 e. The van der Waals surface area contributed by atoms with E-state index in [4.69, 9.17) is 5.73 Å². The first-order valence-corrected chi connectivity index (χ1v) is 5.33. The molecule has 78 valence electrons. The normalized spacial score (nSPS) is 10.5. The zero-order chi connectivity index (χ0) is 10.7. The number of aromatic nitrogens is 4. The summed E-state index contributed by atoms with van der Waals surface area (Å²) in [5.74, 6) is 0.730. The molecule has 0 unspecified atom stereocenters. The highest BCUT2D eigenvalue weighted by Gasteiger charge is 2.10. The van der Waals surface area contributed by atoms with E-state index in [2.05, 4.69) is 31.5 Å². The first kappa shape index (κ1) is 10.3. The molecule has 6 heteroatoms. The van der Waals surface area contributed by atoms with Crippen LogP contribution in [0.4, 0.5) is 0 Å². The molecule has 0 aliphatic heterocycles. The second kappa shape index (κ2) is 4.50. The van der Waals surface area contributed by atoms with Crippen LogP contribution in [0, 0.1) is 0 Å². The van der Waals surface area contributed by atoms with Gasteiger partial charge in [0, 0.05) is 16.6 Å². The summed E-state index contributed by atoms with van der Waals surface area (Å²) in [4.78, 5) is 0. The van der Waals surface area contributed by atoms with Gasteiger partial charge in [-0.25, -0.2) is 4.68 Å². The fourth-order valence-corrected chi connectivity index (χ4v) is 1.78. The fourth-order valence-electron chi connectivity index (χ4n) is 1.31. The number of hydrogen-bond acceptors (Lipinski definition) is 4. The van der Waals surface area contributed by atoms with Gasteiger partial charge in [0.2, 0.25) is 0 Å². The van der Waals surface area contributed by atoms with Crippen LogP contribution in [0.15, 0.2) is 28.7 Å². The number of nitrogens with two attached hydrogens (primary N) is 1. The van der Waals surface area contributed by atoms with Crippen molar-refractivity contribution in [3.8, 4) is 11.4 Å². The molecule has 2 rings (SSSR count). The van der Waals surface area contributed by atoms with Crippen LogP contribution in [0.2, 0.25) is 0 Å². The van der Waals surface area contributed by atoms with Gasteiger partial charge in [-0.1, -0.05) is 28.1 Å². The molecule has 0 saturated carbocycles. The molecular formula is C9H10BrN5. The van der Waals surface area contributed by atoms with Crippen LogP contribution < -0.4 is 5.73 Å². The van der Waals surface area contributed by atoms with E-state index < -0.39 is 0 Å². The van der Waals surface area contributed by atoms with E-state index >= 15 is 0 Å². The molecule has 0 fully saturated rings. The Bertz CT molecular complexity index is 453. The van der Waals surface area contributed by atoms with Crippen LogP contribution in [-0.4, -0.2) is 26.8 Å². The summed E-state index contributed by atoms with van der Waals surface area (Å²) in [5, 5.41) is 11.5. The Morgan fingerprint density at radius 2 is 2.13 bits per heavy atom. The van der Waals surface area contributed by atoms with Crippen LogP contribution in [0.3, 0.4) is 0 Å². The average Bonchev–Trinajstić information content (AvgIpc) is 2.67. The second-order valence-electron chi connectivity index (χ2n) is 2.99. The van der Waals surface area contributed by atoms with Crippen molar-refractivity contribution in [2.75, 3.05) is 6.54 Å². The molecule has 0 spiro atoms. The molecule has 0 saturated heterocycles. The van der Waals surface area contributed by atoms with Gasteiger partial charge in [-0.3, -0.25) is 0 Å². The predicted molar refractivity (Wildman–Crippen MR) is 60.0 cm³/mol. The minimum Gasteiger partial charge on any atom is -0.329 e. The summed E-state index contributed by atoms with van der Waals surface area (Å²) in [6.07, 6.45) is 0. The van der Waals surface area contributed by atoms with E-state index in [1.54, 1.807) is 4.68 Å². The first-order valence-electron chi connectivity index (χ1n) is 4.54. The molecule has 5 nitrogen and oxygen atoms in total.